The smallest absolute Gasteiger partial charge is 0.262 e. The summed E-state index contributed by atoms with van der Waals surface area (Å²) in [6.07, 6.45) is 3.54. The van der Waals surface area contributed by atoms with Crippen molar-refractivity contribution in [1.82, 2.24) is 9.55 Å². The van der Waals surface area contributed by atoms with Crippen LogP contribution in [0.3, 0.4) is 0 Å². The Labute approximate surface area is 170 Å². The van der Waals surface area contributed by atoms with Crippen molar-refractivity contribution in [3.05, 3.63) is 64.9 Å². The van der Waals surface area contributed by atoms with E-state index in [1.54, 1.807) is 24.4 Å². The quantitative estimate of drug-likeness (QED) is 0.502. The van der Waals surface area contributed by atoms with Gasteiger partial charge in [-0.25, -0.2) is 4.98 Å². The van der Waals surface area contributed by atoms with Crippen LogP contribution in [-0.2, 0) is 4.79 Å². The molecule has 1 N–H and O–H groups in total. The lowest BCUT2D eigenvalue weighted by atomic mass is 10.1. The molecule has 1 aliphatic rings. The van der Waals surface area contributed by atoms with Crippen molar-refractivity contribution in [2.24, 2.45) is 0 Å². The van der Waals surface area contributed by atoms with Crippen LogP contribution in [0, 0.1) is 6.92 Å². The lowest BCUT2D eigenvalue weighted by Crippen LogP contribution is -2.25. The topological polar surface area (TPSA) is 73.2 Å². The molecule has 0 saturated carbocycles. The third-order valence-electron chi connectivity index (χ3n) is 4.37. The van der Waals surface area contributed by atoms with Gasteiger partial charge in [0.15, 0.2) is 17.5 Å². The van der Waals surface area contributed by atoms with Crippen LogP contribution in [0.1, 0.15) is 15.9 Å². The Morgan fingerprint density at radius 1 is 1.36 bits per heavy atom. The minimum atomic E-state index is -0.231. The third kappa shape index (κ3) is 3.63. The second kappa shape index (κ2) is 7.69. The molecule has 6 nitrogen and oxygen atoms in total. The van der Waals surface area contributed by atoms with Gasteiger partial charge in [-0.3, -0.25) is 14.2 Å². The summed E-state index contributed by atoms with van der Waals surface area (Å²) >= 11 is 7.57. The second-order valence-corrected chi connectivity index (χ2v) is 7.57. The van der Waals surface area contributed by atoms with Gasteiger partial charge in [0.1, 0.15) is 5.75 Å². The van der Waals surface area contributed by atoms with E-state index in [1.165, 1.54) is 11.8 Å². The molecule has 2 heterocycles. The molecular weight excluding hydrogens is 398 g/mol. The molecule has 0 bridgehead atoms. The van der Waals surface area contributed by atoms with Crippen molar-refractivity contribution in [2.75, 3.05) is 17.7 Å². The molecular formula is C20H16ClN3O3S. The Bertz CT molecular complexity index is 1080. The van der Waals surface area contributed by atoms with Crippen molar-refractivity contribution in [3.8, 4) is 11.4 Å². The summed E-state index contributed by atoms with van der Waals surface area (Å²) < 4.78 is 7.24. The number of ketones is 1. The van der Waals surface area contributed by atoms with Crippen LogP contribution >= 0.6 is 23.4 Å². The maximum Gasteiger partial charge on any atom is 0.262 e. The highest BCUT2D eigenvalue weighted by Crippen LogP contribution is 2.30. The number of hydrogen-bond acceptors (Lipinski definition) is 5. The maximum absolute atomic E-state index is 12.6. The first-order valence-corrected chi connectivity index (χ1v) is 9.91. The van der Waals surface area contributed by atoms with Crippen LogP contribution in [0.2, 0.25) is 5.02 Å². The van der Waals surface area contributed by atoms with Crippen molar-refractivity contribution in [2.45, 2.75) is 12.1 Å². The van der Waals surface area contributed by atoms with Crippen molar-refractivity contribution in [3.63, 3.8) is 0 Å². The largest absolute Gasteiger partial charge is 0.482 e. The number of imidazole rings is 1. The number of halogens is 1. The van der Waals surface area contributed by atoms with E-state index in [-0.39, 0.29) is 24.1 Å². The van der Waals surface area contributed by atoms with E-state index in [1.807, 2.05) is 35.9 Å². The van der Waals surface area contributed by atoms with E-state index in [2.05, 4.69) is 10.3 Å². The van der Waals surface area contributed by atoms with E-state index in [0.29, 0.717) is 27.2 Å². The maximum atomic E-state index is 12.6. The predicted octanol–water partition coefficient (Wildman–Crippen LogP) is 4.14. The lowest BCUT2D eigenvalue weighted by Gasteiger charge is -2.18. The van der Waals surface area contributed by atoms with Gasteiger partial charge in [0.2, 0.25) is 0 Å². The molecule has 0 spiro atoms. The molecule has 8 heteroatoms. The van der Waals surface area contributed by atoms with Crippen LogP contribution in [0.25, 0.3) is 5.69 Å². The van der Waals surface area contributed by atoms with Gasteiger partial charge in [-0.1, -0.05) is 29.4 Å². The fourth-order valence-corrected chi connectivity index (χ4v) is 3.94. The Morgan fingerprint density at radius 3 is 3.07 bits per heavy atom. The Hall–Kier alpha value is -2.77. The van der Waals surface area contributed by atoms with Gasteiger partial charge in [0.05, 0.1) is 17.1 Å². The van der Waals surface area contributed by atoms with Crippen LogP contribution in [0.4, 0.5) is 5.69 Å². The molecule has 1 aliphatic heterocycles. The number of hydrogen-bond donors (Lipinski definition) is 1. The molecule has 0 atom stereocenters. The van der Waals surface area contributed by atoms with E-state index < -0.39 is 0 Å². The van der Waals surface area contributed by atoms with E-state index in [9.17, 15) is 9.59 Å². The van der Waals surface area contributed by atoms with Crippen LogP contribution in [0.5, 0.6) is 5.75 Å². The summed E-state index contributed by atoms with van der Waals surface area (Å²) in [5.74, 6) is 0.482. The monoisotopic (exact) mass is 413 g/mol. The first-order chi connectivity index (χ1) is 13.5. The van der Waals surface area contributed by atoms with Crippen molar-refractivity contribution in [1.29, 1.82) is 0 Å². The Balaban J connectivity index is 1.51. The van der Waals surface area contributed by atoms with Crippen molar-refractivity contribution >= 4 is 40.7 Å². The number of carbonyl (C=O) groups is 2. The van der Waals surface area contributed by atoms with Gasteiger partial charge in [0.25, 0.3) is 5.91 Å². The SMILES string of the molecule is Cc1c(Cl)cccc1-n1ccnc1SCC(=O)c1ccc2c(c1)NC(=O)CO2. The molecule has 3 aromatic rings. The third-order valence-corrected chi connectivity index (χ3v) is 5.75. The lowest BCUT2D eigenvalue weighted by molar-refractivity contribution is -0.118. The zero-order chi connectivity index (χ0) is 19.7. The standard InChI is InChI=1S/C20H16ClN3O3S/c1-12-14(21)3-2-4-16(12)24-8-7-22-20(24)28-11-17(25)13-5-6-18-15(9-13)23-19(26)10-27-18/h2-9H,10-11H2,1H3,(H,23,26). The molecule has 0 aliphatic carbocycles. The van der Waals surface area contributed by atoms with Crippen molar-refractivity contribution < 1.29 is 14.3 Å². The number of nitrogens with zero attached hydrogens (tertiary/aromatic N) is 2. The number of ether oxygens (including phenoxy) is 1. The molecule has 2 aromatic carbocycles. The van der Waals surface area contributed by atoms with E-state index >= 15 is 0 Å². The number of aromatic nitrogens is 2. The number of amides is 1. The fourth-order valence-electron chi connectivity index (χ4n) is 2.91. The number of benzene rings is 2. The number of rotatable bonds is 5. The number of thioether (sulfide) groups is 1. The predicted molar refractivity (Wildman–Crippen MR) is 109 cm³/mol. The summed E-state index contributed by atoms with van der Waals surface area (Å²) in [6.45, 7) is 1.93. The van der Waals surface area contributed by atoms with E-state index in [4.69, 9.17) is 16.3 Å². The molecule has 0 unspecified atom stereocenters. The van der Waals surface area contributed by atoms with Gasteiger partial charge < -0.3 is 10.1 Å². The summed E-state index contributed by atoms with van der Waals surface area (Å²) in [7, 11) is 0. The molecule has 4 rings (SSSR count). The Kier molecular flexibility index (Phi) is 5.11. The molecule has 0 fully saturated rings. The van der Waals surface area contributed by atoms with Crippen LogP contribution < -0.4 is 10.1 Å². The highest BCUT2D eigenvalue weighted by Gasteiger charge is 2.18. The molecule has 0 radical (unpaired) electrons. The second-order valence-electron chi connectivity index (χ2n) is 6.22. The molecule has 28 heavy (non-hydrogen) atoms. The van der Waals surface area contributed by atoms with Gasteiger partial charge in [-0.2, -0.15) is 0 Å². The number of anilines is 1. The summed E-state index contributed by atoms with van der Waals surface area (Å²) in [5.41, 5.74) is 2.90. The average molecular weight is 414 g/mol. The number of nitrogens with one attached hydrogen (secondary N) is 1. The molecule has 1 aromatic heterocycles. The highest BCUT2D eigenvalue weighted by atomic mass is 35.5. The normalized spacial score (nSPS) is 12.9. The van der Waals surface area contributed by atoms with E-state index in [0.717, 1.165) is 11.3 Å². The zero-order valence-electron chi connectivity index (χ0n) is 14.9. The highest BCUT2D eigenvalue weighted by molar-refractivity contribution is 7.99. The zero-order valence-corrected chi connectivity index (χ0v) is 16.5. The average Bonchev–Trinajstić information content (AvgIpc) is 3.16. The summed E-state index contributed by atoms with van der Waals surface area (Å²) in [5, 5.41) is 4.09. The minimum Gasteiger partial charge on any atom is -0.482 e. The van der Waals surface area contributed by atoms with Gasteiger partial charge in [-0.15, -0.1) is 0 Å². The first kappa shape index (κ1) is 18.6. The number of fused-ring (bicyclic) bond motifs is 1. The van der Waals surface area contributed by atoms with Gasteiger partial charge in [-0.05, 0) is 42.8 Å². The van der Waals surface area contributed by atoms with Crippen LogP contribution in [0.15, 0.2) is 53.9 Å². The number of carbonyl (C=O) groups excluding carboxylic acids is 2. The van der Waals surface area contributed by atoms with Gasteiger partial charge in [0, 0.05) is 23.0 Å². The summed E-state index contributed by atoms with van der Waals surface area (Å²) in [6, 6.07) is 10.7. The van der Waals surface area contributed by atoms with Gasteiger partial charge >= 0.3 is 0 Å². The molecule has 142 valence electrons. The minimum absolute atomic E-state index is 0.0122. The summed E-state index contributed by atoms with van der Waals surface area (Å²) in [4.78, 5) is 28.5. The first-order valence-electron chi connectivity index (χ1n) is 8.54. The van der Waals surface area contributed by atoms with Crippen LogP contribution in [-0.4, -0.2) is 33.6 Å². The molecule has 1 amide bonds. The number of Topliss-reactive ketones (excluding diaryl/α,β-unsaturated/α-hetero) is 1. The Morgan fingerprint density at radius 2 is 2.21 bits per heavy atom. The fraction of sp³-hybridized carbons (Fsp3) is 0.150. The molecule has 0 saturated heterocycles.